The molecule has 7 rings (SSSR count). The zero-order valence-electron chi connectivity index (χ0n) is 21.8. The Balaban J connectivity index is 1.35. The van der Waals surface area contributed by atoms with Crippen molar-refractivity contribution in [3.05, 3.63) is 79.9 Å². The topological polar surface area (TPSA) is 107 Å². The molecule has 218 valence electrons. The molecule has 2 bridgehead atoms. The van der Waals surface area contributed by atoms with E-state index in [0.717, 1.165) is 44.2 Å². The highest BCUT2D eigenvalue weighted by Gasteiger charge is 2.73. The van der Waals surface area contributed by atoms with Crippen LogP contribution >= 0.6 is 22.6 Å². The Morgan fingerprint density at radius 2 is 1.80 bits per heavy atom. The number of esters is 2. The lowest BCUT2D eigenvalue weighted by Gasteiger charge is -2.47. The van der Waals surface area contributed by atoms with Gasteiger partial charge in [0.05, 0.1) is 23.9 Å². The quantitative estimate of drug-likeness (QED) is 0.218. The van der Waals surface area contributed by atoms with Gasteiger partial charge in [-0.15, -0.1) is 0 Å². The summed E-state index contributed by atoms with van der Waals surface area (Å²) >= 11 is 2.21. The number of benzene rings is 2. The second-order valence-electron chi connectivity index (χ2n) is 11.3. The molecule has 7 nitrogen and oxygen atoms in total. The Labute approximate surface area is 248 Å². The average Bonchev–Trinajstić information content (AvgIpc) is 3.57. The van der Waals surface area contributed by atoms with Crippen LogP contribution in [0.4, 0.5) is 13.2 Å². The minimum atomic E-state index is -6.00. The lowest BCUT2D eigenvalue weighted by molar-refractivity contribution is -0.171. The third kappa shape index (κ3) is 4.18. The first-order chi connectivity index (χ1) is 19.2. The highest BCUT2D eigenvalue weighted by atomic mass is 127. The van der Waals surface area contributed by atoms with E-state index in [0.29, 0.717) is 6.42 Å². The molecule has 0 saturated heterocycles. The molecule has 0 heterocycles. The number of hydrogen-bond acceptors (Lipinski definition) is 6. The SMILES string of the molecule is CC1(OC(=O)C2C(C(=O)OCCC(F)C(F)(F)S(=O)(=O)O)C3c4ccccc4C24c2cccc3c24)C=C(I)CCC1. The smallest absolute Gasteiger partial charge is 0.400 e. The Kier molecular flexibility index (Phi) is 6.66. The van der Waals surface area contributed by atoms with E-state index in [1.807, 2.05) is 55.5 Å². The van der Waals surface area contributed by atoms with Gasteiger partial charge in [0.2, 0.25) is 0 Å². The molecular formula is C29H26F3IO7S. The summed E-state index contributed by atoms with van der Waals surface area (Å²) in [5.74, 6) is -4.18. The first kappa shape index (κ1) is 28.7. The van der Waals surface area contributed by atoms with Crippen LogP contribution in [0.2, 0.25) is 0 Å². The minimum Gasteiger partial charge on any atom is -0.465 e. The monoisotopic (exact) mass is 702 g/mol. The molecule has 6 atom stereocenters. The van der Waals surface area contributed by atoms with Gasteiger partial charge in [-0.2, -0.15) is 17.2 Å². The van der Waals surface area contributed by atoms with Gasteiger partial charge in [-0.05, 0) is 86.3 Å². The van der Waals surface area contributed by atoms with Crippen LogP contribution in [0.5, 0.6) is 0 Å². The number of halogens is 4. The van der Waals surface area contributed by atoms with Gasteiger partial charge in [0.15, 0.2) is 6.17 Å². The highest BCUT2D eigenvalue weighted by Crippen LogP contribution is 2.73. The standard InChI is InChI=1S/C29H26F3IO7S/c1-27(12-5-6-15(33)14-27)40-26(35)24-22(25(34)39-13-11-20(30)29(31,32)41(36,37)38)21-16-7-2-3-9-18(16)28(24)19-10-4-8-17(21)23(19)28/h2-4,7-10,14,20-22,24H,5-6,11-13H2,1H3,(H,36,37,38). The molecule has 5 aliphatic rings. The Morgan fingerprint density at radius 1 is 1.12 bits per heavy atom. The summed E-state index contributed by atoms with van der Waals surface area (Å²) in [6, 6.07) is 13.2. The zero-order chi connectivity index (χ0) is 29.5. The molecule has 0 aliphatic heterocycles. The number of hydrogen-bond donors (Lipinski definition) is 1. The number of alkyl halides is 3. The highest BCUT2D eigenvalue weighted by molar-refractivity contribution is 14.1. The number of allylic oxidation sites excluding steroid dienone is 1. The second-order valence-corrected chi connectivity index (χ2v) is 14.2. The summed E-state index contributed by atoms with van der Waals surface area (Å²) in [6.45, 7) is 0.943. The molecule has 5 aliphatic carbocycles. The lowest BCUT2D eigenvalue weighted by Crippen LogP contribution is -2.52. The number of ether oxygens (including phenoxy) is 2. The van der Waals surface area contributed by atoms with Gasteiger partial charge < -0.3 is 9.47 Å². The number of rotatable bonds is 8. The first-order valence-electron chi connectivity index (χ1n) is 13.2. The largest absolute Gasteiger partial charge is 0.465 e. The Hall–Kier alpha value is -2.45. The van der Waals surface area contributed by atoms with Crippen molar-refractivity contribution in [3.63, 3.8) is 0 Å². The van der Waals surface area contributed by atoms with Crippen molar-refractivity contribution in [1.82, 2.24) is 0 Å². The van der Waals surface area contributed by atoms with Gasteiger partial charge in [-0.25, -0.2) is 4.39 Å². The van der Waals surface area contributed by atoms with Gasteiger partial charge in [-0.3, -0.25) is 14.1 Å². The summed E-state index contributed by atoms with van der Waals surface area (Å²) < 4.78 is 84.5. The average molecular weight is 702 g/mol. The van der Waals surface area contributed by atoms with Crippen molar-refractivity contribution in [2.75, 3.05) is 6.61 Å². The van der Waals surface area contributed by atoms with Gasteiger partial charge in [0.1, 0.15) is 5.60 Å². The summed E-state index contributed by atoms with van der Waals surface area (Å²) in [7, 11) is -6.00. The third-order valence-corrected chi connectivity index (χ3v) is 10.6. The van der Waals surface area contributed by atoms with Crippen molar-refractivity contribution in [3.8, 4) is 0 Å². The van der Waals surface area contributed by atoms with Gasteiger partial charge in [0.25, 0.3) is 0 Å². The molecular weight excluding hydrogens is 676 g/mol. The molecule has 0 amide bonds. The minimum absolute atomic E-state index is 0.584. The van der Waals surface area contributed by atoms with Crippen LogP contribution in [0.15, 0.2) is 52.1 Å². The van der Waals surface area contributed by atoms with Crippen molar-refractivity contribution < 1.29 is 45.2 Å². The van der Waals surface area contributed by atoms with Crippen LogP contribution in [0.25, 0.3) is 0 Å². The van der Waals surface area contributed by atoms with Gasteiger partial charge in [-0.1, -0.05) is 42.5 Å². The number of carbonyl (C=O) groups is 2. The van der Waals surface area contributed by atoms with E-state index in [1.54, 1.807) is 0 Å². The first-order valence-corrected chi connectivity index (χ1v) is 15.7. The summed E-state index contributed by atoms with van der Waals surface area (Å²) in [4.78, 5) is 27.9. The molecule has 0 fully saturated rings. The maximum Gasteiger partial charge on any atom is 0.400 e. The molecule has 12 heteroatoms. The fraction of sp³-hybridized carbons (Fsp3) is 0.448. The third-order valence-electron chi connectivity index (χ3n) is 8.83. The Morgan fingerprint density at radius 3 is 2.51 bits per heavy atom. The molecule has 41 heavy (non-hydrogen) atoms. The number of fused-ring (bicyclic) bond motifs is 1. The molecule has 1 N–H and O–H groups in total. The number of carbonyl (C=O) groups excluding carboxylic acids is 2. The molecule has 2 aromatic carbocycles. The van der Waals surface area contributed by atoms with Crippen molar-refractivity contribution >= 4 is 44.6 Å². The van der Waals surface area contributed by atoms with Gasteiger partial charge in [0, 0.05) is 12.3 Å². The van der Waals surface area contributed by atoms with Gasteiger partial charge >= 0.3 is 27.3 Å². The van der Waals surface area contributed by atoms with E-state index in [-0.39, 0.29) is 0 Å². The maximum atomic E-state index is 14.2. The molecule has 1 spiro atoms. The van der Waals surface area contributed by atoms with E-state index in [1.165, 1.54) is 0 Å². The fourth-order valence-electron chi connectivity index (χ4n) is 7.16. The van der Waals surface area contributed by atoms with Crippen LogP contribution in [-0.2, 0) is 34.6 Å². The zero-order valence-corrected chi connectivity index (χ0v) is 24.8. The maximum absolute atomic E-state index is 14.2. The van der Waals surface area contributed by atoms with Crippen molar-refractivity contribution in [2.24, 2.45) is 11.8 Å². The Bertz CT molecular complexity index is 1610. The summed E-state index contributed by atoms with van der Waals surface area (Å²) in [5, 5.41) is -5.06. The predicted molar refractivity (Wildman–Crippen MR) is 149 cm³/mol. The van der Waals surface area contributed by atoms with Crippen LogP contribution in [0.3, 0.4) is 0 Å². The molecule has 0 radical (unpaired) electrons. The molecule has 0 saturated carbocycles. The normalized spacial score (nSPS) is 30.0. The molecule has 2 aromatic rings. The predicted octanol–water partition coefficient (Wildman–Crippen LogP) is 5.58. The second kappa shape index (κ2) is 9.53. The van der Waals surface area contributed by atoms with E-state index >= 15 is 0 Å². The van der Waals surface area contributed by atoms with Crippen molar-refractivity contribution in [1.29, 1.82) is 0 Å². The molecule has 6 unspecified atom stereocenters. The van der Waals surface area contributed by atoms with E-state index < -0.39 is 75.3 Å². The van der Waals surface area contributed by atoms with Crippen molar-refractivity contribution in [2.45, 2.75) is 61.0 Å². The van der Waals surface area contributed by atoms with E-state index in [2.05, 4.69) is 22.6 Å². The summed E-state index contributed by atoms with van der Waals surface area (Å²) in [5.41, 5.74) is 2.72. The van der Waals surface area contributed by atoms with Crippen LogP contribution < -0.4 is 0 Å². The van der Waals surface area contributed by atoms with Crippen LogP contribution in [0.1, 0.15) is 66.3 Å². The van der Waals surface area contributed by atoms with E-state index in [4.69, 9.17) is 14.0 Å². The van der Waals surface area contributed by atoms with E-state index in [9.17, 15) is 31.2 Å². The van der Waals surface area contributed by atoms with Crippen LogP contribution in [-0.4, -0.2) is 48.5 Å². The fourth-order valence-corrected chi connectivity index (χ4v) is 8.64. The summed E-state index contributed by atoms with van der Waals surface area (Å²) in [6.07, 6.45) is -0.248. The lowest BCUT2D eigenvalue weighted by atomic mass is 9.55. The van der Waals surface area contributed by atoms with Crippen LogP contribution in [0, 0.1) is 11.8 Å². The molecule has 0 aromatic heterocycles.